The van der Waals surface area contributed by atoms with E-state index in [2.05, 4.69) is 21.4 Å². The van der Waals surface area contributed by atoms with Gasteiger partial charge in [0.15, 0.2) is 0 Å². The predicted octanol–water partition coefficient (Wildman–Crippen LogP) is 2.27. The van der Waals surface area contributed by atoms with Crippen LogP contribution in [0.2, 0.25) is 0 Å². The smallest absolute Gasteiger partial charge is 0.300 e. The van der Waals surface area contributed by atoms with Gasteiger partial charge in [0, 0.05) is 51.2 Å². The molecule has 0 aromatic carbocycles. The largest absolute Gasteiger partial charge is 0.481 e. The SMILES string of the molecule is CC(=O)O.CC(=O)O.Cc1cc2c(cn1)CN(C(=O)c1cncc(CC3CCNC3)c1)C2. The van der Waals surface area contributed by atoms with Gasteiger partial charge in [-0.1, -0.05) is 0 Å². The molecule has 0 spiro atoms. The highest BCUT2D eigenvalue weighted by atomic mass is 16.4. The highest BCUT2D eigenvalue weighted by Crippen LogP contribution is 2.24. The number of carboxylic acid groups (broad SMARTS) is 2. The number of hydrogen-bond donors (Lipinski definition) is 3. The lowest BCUT2D eigenvalue weighted by atomic mass is 9.99. The minimum atomic E-state index is -0.833. The van der Waals surface area contributed by atoms with Crippen LogP contribution in [0.1, 0.15) is 53.0 Å². The van der Waals surface area contributed by atoms with Crippen LogP contribution in [0.3, 0.4) is 0 Å². The molecule has 4 heterocycles. The molecule has 2 aliphatic heterocycles. The zero-order chi connectivity index (χ0) is 23.7. The van der Waals surface area contributed by atoms with E-state index in [-0.39, 0.29) is 5.91 Å². The van der Waals surface area contributed by atoms with Crippen LogP contribution in [0, 0.1) is 12.8 Å². The number of aliphatic carboxylic acids is 2. The van der Waals surface area contributed by atoms with Gasteiger partial charge in [-0.15, -0.1) is 0 Å². The van der Waals surface area contributed by atoms with Crippen molar-refractivity contribution in [3.63, 3.8) is 0 Å². The molecule has 32 heavy (non-hydrogen) atoms. The predicted molar refractivity (Wildman–Crippen MR) is 118 cm³/mol. The van der Waals surface area contributed by atoms with Gasteiger partial charge in [0.25, 0.3) is 17.8 Å². The minimum absolute atomic E-state index is 0.0581. The number of rotatable bonds is 3. The lowest BCUT2D eigenvalue weighted by molar-refractivity contribution is -0.135. The Hall–Kier alpha value is -3.33. The van der Waals surface area contributed by atoms with E-state index in [0.29, 0.717) is 24.6 Å². The molecule has 1 saturated heterocycles. The number of fused-ring (bicyclic) bond motifs is 1. The molecule has 9 nitrogen and oxygen atoms in total. The Bertz CT molecular complexity index is 937. The normalized spacial score (nSPS) is 16.2. The maximum absolute atomic E-state index is 12.8. The van der Waals surface area contributed by atoms with Gasteiger partial charge in [-0.2, -0.15) is 0 Å². The Morgan fingerprint density at radius 3 is 2.34 bits per heavy atom. The van der Waals surface area contributed by atoms with Gasteiger partial charge < -0.3 is 20.4 Å². The number of aryl methyl sites for hydroxylation is 1. The monoisotopic (exact) mass is 442 g/mol. The highest BCUT2D eigenvalue weighted by molar-refractivity contribution is 5.94. The molecule has 1 amide bonds. The van der Waals surface area contributed by atoms with Crippen molar-refractivity contribution >= 4 is 17.8 Å². The fourth-order valence-electron chi connectivity index (χ4n) is 3.67. The first kappa shape index (κ1) is 24.9. The van der Waals surface area contributed by atoms with Crippen LogP contribution < -0.4 is 5.32 Å². The third-order valence-electron chi connectivity index (χ3n) is 4.96. The molecule has 0 aliphatic carbocycles. The van der Waals surface area contributed by atoms with E-state index >= 15 is 0 Å². The fraction of sp³-hybridized carbons (Fsp3) is 0.435. The molecule has 0 radical (unpaired) electrons. The fourth-order valence-corrected chi connectivity index (χ4v) is 3.67. The summed E-state index contributed by atoms with van der Waals surface area (Å²) in [5, 5.41) is 18.2. The lowest BCUT2D eigenvalue weighted by Gasteiger charge is -2.16. The Morgan fingerprint density at radius 1 is 1.06 bits per heavy atom. The second-order valence-electron chi connectivity index (χ2n) is 7.94. The van der Waals surface area contributed by atoms with Crippen molar-refractivity contribution in [1.29, 1.82) is 0 Å². The van der Waals surface area contributed by atoms with Crippen LogP contribution in [-0.2, 0) is 29.1 Å². The van der Waals surface area contributed by atoms with Gasteiger partial charge in [-0.3, -0.25) is 24.4 Å². The van der Waals surface area contributed by atoms with Crippen molar-refractivity contribution in [3.8, 4) is 0 Å². The second kappa shape index (κ2) is 11.9. The van der Waals surface area contributed by atoms with E-state index in [0.717, 1.165) is 50.2 Å². The maximum atomic E-state index is 12.8. The van der Waals surface area contributed by atoms with Crippen LogP contribution in [0.15, 0.2) is 30.7 Å². The van der Waals surface area contributed by atoms with Crippen molar-refractivity contribution in [1.82, 2.24) is 20.2 Å². The van der Waals surface area contributed by atoms with E-state index in [1.807, 2.05) is 30.3 Å². The summed E-state index contributed by atoms with van der Waals surface area (Å²) in [7, 11) is 0. The maximum Gasteiger partial charge on any atom is 0.300 e. The lowest BCUT2D eigenvalue weighted by Crippen LogP contribution is -2.25. The summed E-state index contributed by atoms with van der Waals surface area (Å²) in [5.41, 5.74) is 5.20. The molecular formula is C23H30N4O5. The summed E-state index contributed by atoms with van der Waals surface area (Å²) < 4.78 is 0. The molecule has 3 N–H and O–H groups in total. The van der Waals surface area contributed by atoms with Crippen molar-refractivity contribution in [2.24, 2.45) is 5.92 Å². The van der Waals surface area contributed by atoms with E-state index in [9.17, 15) is 4.79 Å². The summed E-state index contributed by atoms with van der Waals surface area (Å²) >= 11 is 0. The molecule has 0 bridgehead atoms. The molecule has 1 fully saturated rings. The number of aromatic nitrogens is 2. The number of pyridine rings is 2. The number of hydrogen-bond acceptors (Lipinski definition) is 6. The van der Waals surface area contributed by atoms with E-state index < -0.39 is 11.9 Å². The summed E-state index contributed by atoms with van der Waals surface area (Å²) in [6.45, 7) is 7.60. The Morgan fingerprint density at radius 2 is 1.72 bits per heavy atom. The van der Waals surface area contributed by atoms with Crippen LogP contribution in [0.5, 0.6) is 0 Å². The first-order valence-electron chi connectivity index (χ1n) is 10.4. The molecule has 9 heteroatoms. The molecule has 0 saturated carbocycles. The minimum Gasteiger partial charge on any atom is -0.481 e. The van der Waals surface area contributed by atoms with Crippen molar-refractivity contribution < 1.29 is 24.6 Å². The summed E-state index contributed by atoms with van der Waals surface area (Å²) in [4.78, 5) is 41.4. The quantitative estimate of drug-likeness (QED) is 0.659. The molecule has 2 aromatic heterocycles. The number of nitrogens with zero attached hydrogens (tertiary/aromatic N) is 3. The van der Waals surface area contributed by atoms with Crippen LogP contribution in [-0.4, -0.2) is 56.0 Å². The van der Waals surface area contributed by atoms with Crippen LogP contribution >= 0.6 is 0 Å². The average Bonchev–Trinajstić information content (AvgIpc) is 3.36. The van der Waals surface area contributed by atoms with Gasteiger partial charge >= 0.3 is 0 Å². The standard InChI is InChI=1S/C19H22N4O.2C2H4O2/c1-13-4-17-11-23(12-18(17)10-22-13)19(24)16-6-15(8-21-9-16)5-14-2-3-20-7-14;2*1-2(3)4/h4,6,8-10,14,20H,2-3,5,7,11-12H2,1H3;2*1H3,(H,3,4). The van der Waals surface area contributed by atoms with E-state index in [1.165, 1.54) is 12.0 Å². The number of carbonyl (C=O) groups is 3. The molecular weight excluding hydrogens is 412 g/mol. The summed E-state index contributed by atoms with van der Waals surface area (Å²) in [6, 6.07) is 4.09. The van der Waals surface area contributed by atoms with Gasteiger partial charge in [-0.05, 0) is 67.6 Å². The Labute approximate surface area is 187 Å². The van der Waals surface area contributed by atoms with Crippen LogP contribution in [0.25, 0.3) is 0 Å². The topological polar surface area (TPSA) is 133 Å². The summed E-state index contributed by atoms with van der Waals surface area (Å²) in [6.07, 6.45) is 7.66. The Kier molecular flexibility index (Phi) is 9.27. The Balaban J connectivity index is 0.000000395. The molecule has 1 unspecified atom stereocenters. The van der Waals surface area contributed by atoms with Gasteiger partial charge in [-0.25, -0.2) is 0 Å². The highest BCUT2D eigenvalue weighted by Gasteiger charge is 2.25. The number of nitrogens with one attached hydrogen (secondary N) is 1. The first-order chi connectivity index (χ1) is 15.2. The van der Waals surface area contributed by atoms with Crippen LogP contribution in [0.4, 0.5) is 0 Å². The zero-order valence-corrected chi connectivity index (χ0v) is 18.7. The number of carbonyl (C=O) groups excluding carboxylic acids is 1. The van der Waals surface area contributed by atoms with E-state index in [1.54, 1.807) is 6.20 Å². The van der Waals surface area contributed by atoms with Crippen molar-refractivity contribution in [2.75, 3.05) is 13.1 Å². The molecule has 1 atom stereocenters. The first-order valence-corrected chi connectivity index (χ1v) is 10.4. The third kappa shape index (κ3) is 8.07. The van der Waals surface area contributed by atoms with Gasteiger partial charge in [0.1, 0.15) is 0 Å². The number of carboxylic acids is 2. The zero-order valence-electron chi connectivity index (χ0n) is 18.7. The molecule has 4 rings (SSSR count). The molecule has 2 aromatic rings. The van der Waals surface area contributed by atoms with Gasteiger partial charge in [0.05, 0.1) is 5.56 Å². The summed E-state index contributed by atoms with van der Waals surface area (Å²) in [5.74, 6) is -0.954. The second-order valence-corrected chi connectivity index (χ2v) is 7.94. The average molecular weight is 443 g/mol. The molecule has 2 aliphatic rings. The van der Waals surface area contributed by atoms with E-state index in [4.69, 9.17) is 19.8 Å². The van der Waals surface area contributed by atoms with Gasteiger partial charge in [0.2, 0.25) is 0 Å². The molecule has 172 valence electrons. The third-order valence-corrected chi connectivity index (χ3v) is 4.96. The number of amides is 1. The van der Waals surface area contributed by atoms with Crippen molar-refractivity contribution in [3.05, 3.63) is 58.7 Å². The van der Waals surface area contributed by atoms with Crippen molar-refractivity contribution in [2.45, 2.75) is 46.7 Å².